The summed E-state index contributed by atoms with van der Waals surface area (Å²) in [7, 11) is 0. The van der Waals surface area contributed by atoms with E-state index < -0.39 is 0 Å². The summed E-state index contributed by atoms with van der Waals surface area (Å²) in [6.45, 7) is 3.17. The topological polar surface area (TPSA) is 75.7 Å². The number of nitrogens with zero attached hydrogens (tertiary/aromatic N) is 1. The van der Waals surface area contributed by atoms with Gasteiger partial charge in [0.15, 0.2) is 12.4 Å². The van der Waals surface area contributed by atoms with E-state index in [1.165, 1.54) is 6.92 Å². The summed E-state index contributed by atoms with van der Waals surface area (Å²) >= 11 is 0. The molecule has 0 radical (unpaired) electrons. The number of ether oxygens (including phenoxy) is 1. The fraction of sp³-hybridized carbons (Fsp3) is 0.250. The van der Waals surface area contributed by atoms with Crippen LogP contribution in [0.4, 0.5) is 11.4 Å². The van der Waals surface area contributed by atoms with Crippen molar-refractivity contribution in [2.45, 2.75) is 26.3 Å². The summed E-state index contributed by atoms with van der Waals surface area (Å²) < 4.78 is 5.58. The summed E-state index contributed by atoms with van der Waals surface area (Å²) in [5.74, 6) is 0.117. The largest absolute Gasteiger partial charge is 0.484 e. The highest BCUT2D eigenvalue weighted by Gasteiger charge is 2.29. The second-order valence-electron chi connectivity index (χ2n) is 6.25. The minimum atomic E-state index is -0.283. The van der Waals surface area contributed by atoms with Gasteiger partial charge in [-0.25, -0.2) is 0 Å². The van der Waals surface area contributed by atoms with Crippen LogP contribution in [-0.4, -0.2) is 30.2 Å². The van der Waals surface area contributed by atoms with Crippen molar-refractivity contribution in [3.05, 3.63) is 54.1 Å². The summed E-state index contributed by atoms with van der Waals surface area (Å²) in [4.78, 5) is 37.7. The van der Waals surface area contributed by atoms with Gasteiger partial charge in [0.2, 0.25) is 5.91 Å². The quantitative estimate of drug-likeness (QED) is 0.858. The zero-order chi connectivity index (χ0) is 18.7. The molecule has 134 valence electrons. The van der Waals surface area contributed by atoms with Gasteiger partial charge in [-0.15, -0.1) is 0 Å². The van der Waals surface area contributed by atoms with Crippen LogP contribution in [0.2, 0.25) is 0 Å². The third-order valence-corrected chi connectivity index (χ3v) is 4.25. The third-order valence-electron chi connectivity index (χ3n) is 4.25. The molecule has 0 bridgehead atoms. The first-order valence-corrected chi connectivity index (χ1v) is 8.40. The van der Waals surface area contributed by atoms with Crippen molar-refractivity contribution in [1.82, 2.24) is 0 Å². The van der Waals surface area contributed by atoms with E-state index in [1.807, 2.05) is 19.1 Å². The Hall–Kier alpha value is -3.15. The maximum Gasteiger partial charge on any atom is 0.265 e. The van der Waals surface area contributed by atoms with Crippen molar-refractivity contribution in [2.75, 3.05) is 16.8 Å². The van der Waals surface area contributed by atoms with Crippen molar-refractivity contribution in [1.29, 1.82) is 0 Å². The lowest BCUT2D eigenvalue weighted by Gasteiger charge is -2.27. The molecule has 6 nitrogen and oxygen atoms in total. The normalized spacial score (nSPS) is 16.3. The van der Waals surface area contributed by atoms with Gasteiger partial charge in [0.1, 0.15) is 5.75 Å². The second kappa shape index (κ2) is 7.39. The van der Waals surface area contributed by atoms with Gasteiger partial charge < -0.3 is 15.0 Å². The van der Waals surface area contributed by atoms with E-state index in [2.05, 4.69) is 5.32 Å². The Morgan fingerprint density at radius 1 is 1.15 bits per heavy atom. The van der Waals surface area contributed by atoms with Gasteiger partial charge in [-0.05, 0) is 50.2 Å². The lowest BCUT2D eigenvalue weighted by atomic mass is 10.1. The number of hydrogen-bond acceptors (Lipinski definition) is 4. The standard InChI is InChI=1S/C20H20N2O4/c1-13-11-19(24)21-17-5-3-4-6-18(17)22(13)20(25)12-26-16-9-7-15(8-10-16)14(2)23/h3-10,13H,11-12H2,1-2H3,(H,21,24). The number of hydrogen-bond donors (Lipinski definition) is 1. The molecular weight excluding hydrogens is 332 g/mol. The van der Waals surface area contributed by atoms with Gasteiger partial charge in [0.25, 0.3) is 5.91 Å². The number of fused-ring (bicyclic) bond motifs is 1. The number of carbonyl (C=O) groups excluding carboxylic acids is 3. The molecule has 6 heteroatoms. The Balaban J connectivity index is 1.76. The monoisotopic (exact) mass is 352 g/mol. The summed E-state index contributed by atoms with van der Waals surface area (Å²) in [5, 5.41) is 2.82. The fourth-order valence-electron chi connectivity index (χ4n) is 2.97. The molecule has 0 fully saturated rings. The van der Waals surface area contributed by atoms with Gasteiger partial charge in [-0.1, -0.05) is 12.1 Å². The number of nitrogens with one attached hydrogen (secondary N) is 1. The van der Waals surface area contributed by atoms with Crippen LogP contribution in [0.1, 0.15) is 30.6 Å². The number of benzene rings is 2. The molecule has 0 aromatic heterocycles. The first-order chi connectivity index (χ1) is 12.5. The van der Waals surface area contributed by atoms with Crippen molar-refractivity contribution < 1.29 is 19.1 Å². The first kappa shape index (κ1) is 17.7. The van der Waals surface area contributed by atoms with Crippen LogP contribution in [0.5, 0.6) is 5.75 Å². The minimum Gasteiger partial charge on any atom is -0.484 e. The van der Waals surface area contributed by atoms with Crippen LogP contribution in [0.3, 0.4) is 0 Å². The lowest BCUT2D eigenvalue weighted by Crippen LogP contribution is -2.41. The van der Waals surface area contributed by atoms with Crippen LogP contribution < -0.4 is 15.0 Å². The molecule has 2 amide bonds. The molecule has 0 aliphatic carbocycles. The second-order valence-corrected chi connectivity index (χ2v) is 6.25. The molecule has 1 aliphatic heterocycles. The smallest absolute Gasteiger partial charge is 0.265 e. The predicted molar refractivity (Wildman–Crippen MR) is 98.6 cm³/mol. The minimum absolute atomic E-state index is 0.0280. The van der Waals surface area contributed by atoms with Gasteiger partial charge in [-0.2, -0.15) is 0 Å². The number of amides is 2. The van der Waals surface area contributed by atoms with E-state index in [1.54, 1.807) is 41.3 Å². The van der Waals surface area contributed by atoms with Crippen LogP contribution in [-0.2, 0) is 9.59 Å². The zero-order valence-corrected chi connectivity index (χ0v) is 14.7. The number of carbonyl (C=O) groups is 3. The molecule has 2 aromatic rings. The van der Waals surface area contributed by atoms with E-state index >= 15 is 0 Å². The number of para-hydroxylation sites is 2. The zero-order valence-electron chi connectivity index (χ0n) is 14.7. The molecule has 1 unspecified atom stereocenters. The summed E-state index contributed by atoms with van der Waals surface area (Å²) in [6.07, 6.45) is 0.216. The molecule has 1 atom stereocenters. The van der Waals surface area contributed by atoms with E-state index in [-0.39, 0.29) is 36.7 Å². The summed E-state index contributed by atoms with van der Waals surface area (Å²) in [6, 6.07) is 13.6. The Morgan fingerprint density at radius 3 is 2.54 bits per heavy atom. The average molecular weight is 352 g/mol. The summed E-state index contributed by atoms with van der Waals surface area (Å²) in [5.41, 5.74) is 1.86. The van der Waals surface area contributed by atoms with E-state index in [0.29, 0.717) is 22.7 Å². The van der Waals surface area contributed by atoms with E-state index in [4.69, 9.17) is 4.74 Å². The van der Waals surface area contributed by atoms with Crippen LogP contribution >= 0.6 is 0 Å². The van der Waals surface area contributed by atoms with Gasteiger partial charge >= 0.3 is 0 Å². The Kier molecular flexibility index (Phi) is 5.02. The maximum atomic E-state index is 12.8. The highest BCUT2D eigenvalue weighted by Crippen LogP contribution is 2.31. The van der Waals surface area contributed by atoms with E-state index in [0.717, 1.165) is 0 Å². The Morgan fingerprint density at radius 2 is 1.85 bits per heavy atom. The van der Waals surface area contributed by atoms with Crippen molar-refractivity contribution in [2.24, 2.45) is 0 Å². The average Bonchev–Trinajstić information content (AvgIpc) is 2.74. The molecule has 0 spiro atoms. The van der Waals surface area contributed by atoms with Crippen LogP contribution in [0.25, 0.3) is 0 Å². The lowest BCUT2D eigenvalue weighted by molar-refractivity contribution is -0.121. The van der Waals surface area contributed by atoms with Crippen LogP contribution in [0.15, 0.2) is 48.5 Å². The first-order valence-electron chi connectivity index (χ1n) is 8.40. The van der Waals surface area contributed by atoms with Crippen LogP contribution in [0, 0.1) is 0 Å². The molecule has 1 aliphatic rings. The molecule has 1 N–H and O–H groups in total. The van der Waals surface area contributed by atoms with Gasteiger partial charge in [0.05, 0.1) is 11.4 Å². The molecule has 3 rings (SSSR count). The van der Waals surface area contributed by atoms with Crippen molar-refractivity contribution in [3.63, 3.8) is 0 Å². The van der Waals surface area contributed by atoms with E-state index in [9.17, 15) is 14.4 Å². The Bertz CT molecular complexity index is 845. The van der Waals surface area contributed by atoms with Crippen molar-refractivity contribution in [3.8, 4) is 5.75 Å². The molecule has 2 aromatic carbocycles. The molecule has 0 saturated heterocycles. The van der Waals surface area contributed by atoms with Gasteiger partial charge in [-0.3, -0.25) is 14.4 Å². The van der Waals surface area contributed by atoms with Crippen molar-refractivity contribution >= 4 is 29.0 Å². The van der Waals surface area contributed by atoms with Gasteiger partial charge in [0, 0.05) is 18.0 Å². The fourth-order valence-corrected chi connectivity index (χ4v) is 2.97. The number of ketones is 1. The predicted octanol–water partition coefficient (Wildman–Crippen LogP) is 3.03. The molecule has 26 heavy (non-hydrogen) atoms. The SMILES string of the molecule is CC(=O)c1ccc(OCC(=O)N2c3ccccc3NC(=O)CC2C)cc1. The number of Topliss-reactive ketones (excluding diaryl/α,β-unsaturated/α-hetero) is 1. The molecular formula is C20H20N2O4. The number of anilines is 2. The highest BCUT2D eigenvalue weighted by atomic mass is 16.5. The molecule has 1 heterocycles. The third kappa shape index (κ3) is 3.74. The molecule has 0 saturated carbocycles. The maximum absolute atomic E-state index is 12.8. The Labute approximate surface area is 151 Å². The number of rotatable bonds is 4. The highest BCUT2D eigenvalue weighted by molar-refractivity contribution is 6.04.